The number of benzene rings is 1. The molecule has 132 valence electrons. The van der Waals surface area contributed by atoms with Gasteiger partial charge in [-0.05, 0) is 24.3 Å². The normalized spacial score (nSPS) is 11.6. The summed E-state index contributed by atoms with van der Waals surface area (Å²) in [5.41, 5.74) is 0.883. The maximum absolute atomic E-state index is 12.3. The van der Waals surface area contributed by atoms with E-state index in [-0.39, 0.29) is 6.54 Å². The van der Waals surface area contributed by atoms with Crippen molar-refractivity contribution in [3.8, 4) is 0 Å². The number of nitrogens with zero attached hydrogens (tertiary/aromatic N) is 2. The Morgan fingerprint density at radius 1 is 1.32 bits per heavy atom. The van der Waals surface area contributed by atoms with Gasteiger partial charge in [-0.3, -0.25) is 9.36 Å². The van der Waals surface area contributed by atoms with E-state index in [0.717, 1.165) is 5.56 Å². The summed E-state index contributed by atoms with van der Waals surface area (Å²) in [6.45, 7) is 1.58. The second-order valence-corrected chi connectivity index (χ2v) is 6.07. The summed E-state index contributed by atoms with van der Waals surface area (Å²) in [4.78, 5) is 40.2. The van der Waals surface area contributed by atoms with E-state index in [1.54, 1.807) is 36.5 Å². The van der Waals surface area contributed by atoms with Gasteiger partial charge in [-0.1, -0.05) is 30.3 Å². The molecule has 0 saturated heterocycles. The summed E-state index contributed by atoms with van der Waals surface area (Å²) < 4.78 is 5.97. The van der Waals surface area contributed by atoms with Crippen LogP contribution in [0.1, 0.15) is 17.2 Å². The van der Waals surface area contributed by atoms with Gasteiger partial charge in [0.25, 0.3) is 0 Å². The average Bonchev–Trinajstić information content (AvgIpc) is 2.62. The van der Waals surface area contributed by atoms with Crippen molar-refractivity contribution in [1.29, 1.82) is 0 Å². The molecule has 2 rings (SSSR count). The molecule has 1 heterocycles. The third kappa shape index (κ3) is 4.69. The van der Waals surface area contributed by atoms with Crippen LogP contribution in [-0.2, 0) is 20.9 Å². The maximum atomic E-state index is 12.3. The summed E-state index contributed by atoms with van der Waals surface area (Å²) in [5, 5.41) is 3.23. The Morgan fingerprint density at radius 2 is 2.00 bits per heavy atom. The number of thioether (sulfide) groups is 1. The highest BCUT2D eigenvalue weighted by atomic mass is 32.2. The zero-order chi connectivity index (χ0) is 18.4. The number of ether oxygens (including phenoxy) is 1. The molecule has 1 amide bonds. The molecule has 0 spiro atoms. The highest BCUT2D eigenvalue weighted by molar-refractivity contribution is 7.98. The number of carbonyl (C=O) groups is 2. The summed E-state index contributed by atoms with van der Waals surface area (Å²) in [7, 11) is 1.25. The lowest BCUT2D eigenvalue weighted by molar-refractivity contribution is -0.145. The fourth-order valence-corrected chi connectivity index (χ4v) is 2.85. The van der Waals surface area contributed by atoms with Gasteiger partial charge in [0.05, 0.1) is 7.11 Å². The molecule has 0 aliphatic heterocycles. The van der Waals surface area contributed by atoms with Crippen LogP contribution >= 0.6 is 11.8 Å². The van der Waals surface area contributed by atoms with Crippen LogP contribution in [0, 0.1) is 6.92 Å². The molecule has 0 radical (unpaired) electrons. The Labute approximate surface area is 149 Å². The summed E-state index contributed by atoms with van der Waals surface area (Å²) >= 11 is 1.37. The highest BCUT2D eigenvalue weighted by Crippen LogP contribution is 2.15. The van der Waals surface area contributed by atoms with Crippen LogP contribution in [0.15, 0.2) is 46.3 Å². The Bertz CT molecular complexity index is 820. The molecule has 25 heavy (non-hydrogen) atoms. The molecule has 1 aromatic heterocycles. The van der Waals surface area contributed by atoms with E-state index in [0.29, 0.717) is 10.6 Å². The Kier molecular flexibility index (Phi) is 6.35. The lowest BCUT2D eigenvalue weighted by Crippen LogP contribution is -2.38. The molecule has 1 atom stereocenters. The number of nitrogens with one attached hydrogen (secondary N) is 1. The van der Waals surface area contributed by atoms with Gasteiger partial charge < -0.3 is 10.1 Å². The molecule has 0 fully saturated rings. The Morgan fingerprint density at radius 3 is 2.60 bits per heavy atom. The lowest BCUT2D eigenvalue weighted by atomic mass is 10.1. The van der Waals surface area contributed by atoms with E-state index < -0.39 is 23.6 Å². The smallest absolute Gasteiger partial charge is 0.349 e. The number of carbonyl (C=O) groups excluding carboxylic acids is 2. The van der Waals surface area contributed by atoms with E-state index in [1.807, 2.05) is 13.2 Å². The molecule has 8 heteroatoms. The number of aromatic nitrogens is 2. The number of aryl methyl sites for hydroxylation is 1. The first kappa shape index (κ1) is 18.7. The van der Waals surface area contributed by atoms with E-state index in [9.17, 15) is 14.4 Å². The van der Waals surface area contributed by atoms with Gasteiger partial charge >= 0.3 is 11.7 Å². The van der Waals surface area contributed by atoms with Gasteiger partial charge in [0.2, 0.25) is 5.91 Å². The van der Waals surface area contributed by atoms with Crippen molar-refractivity contribution < 1.29 is 14.3 Å². The van der Waals surface area contributed by atoms with E-state index in [1.165, 1.54) is 23.4 Å². The third-order valence-electron chi connectivity index (χ3n) is 3.51. The van der Waals surface area contributed by atoms with Crippen LogP contribution in [0.4, 0.5) is 0 Å². The van der Waals surface area contributed by atoms with Crippen molar-refractivity contribution in [1.82, 2.24) is 14.9 Å². The largest absolute Gasteiger partial charge is 0.467 e. The van der Waals surface area contributed by atoms with Crippen LogP contribution in [0.5, 0.6) is 0 Å². The maximum Gasteiger partial charge on any atom is 0.349 e. The van der Waals surface area contributed by atoms with Crippen molar-refractivity contribution in [3.63, 3.8) is 0 Å². The molecule has 0 bridgehead atoms. The van der Waals surface area contributed by atoms with Gasteiger partial charge in [0.1, 0.15) is 11.6 Å². The highest BCUT2D eigenvalue weighted by Gasteiger charge is 2.23. The molecule has 2 aromatic rings. The fourth-order valence-electron chi connectivity index (χ4n) is 2.31. The predicted octanol–water partition coefficient (Wildman–Crippen LogP) is 1.30. The number of esters is 1. The van der Waals surface area contributed by atoms with Crippen molar-refractivity contribution >= 4 is 23.6 Å². The molecule has 1 aromatic carbocycles. The molecule has 7 nitrogen and oxygen atoms in total. The van der Waals surface area contributed by atoms with Crippen molar-refractivity contribution in [2.75, 3.05) is 13.4 Å². The quantitative estimate of drug-likeness (QED) is 0.474. The van der Waals surface area contributed by atoms with Crippen molar-refractivity contribution in [2.45, 2.75) is 24.5 Å². The number of hydrogen-bond donors (Lipinski definition) is 1. The lowest BCUT2D eigenvalue weighted by Gasteiger charge is -2.17. The van der Waals surface area contributed by atoms with E-state index >= 15 is 0 Å². The number of rotatable bonds is 6. The number of hydrogen-bond acceptors (Lipinski definition) is 6. The molecule has 0 unspecified atom stereocenters. The van der Waals surface area contributed by atoms with Gasteiger partial charge in [0.15, 0.2) is 6.04 Å². The minimum Gasteiger partial charge on any atom is -0.467 e. The number of amides is 1. The molecule has 0 aliphatic carbocycles. The molecule has 0 saturated carbocycles. The first-order valence-electron chi connectivity index (χ1n) is 7.50. The van der Waals surface area contributed by atoms with Gasteiger partial charge in [-0.25, -0.2) is 9.59 Å². The third-order valence-corrected chi connectivity index (χ3v) is 4.31. The predicted molar refractivity (Wildman–Crippen MR) is 94.4 cm³/mol. The van der Waals surface area contributed by atoms with Crippen LogP contribution < -0.4 is 11.0 Å². The topological polar surface area (TPSA) is 90.3 Å². The Hall–Kier alpha value is -2.61. The van der Waals surface area contributed by atoms with Crippen molar-refractivity contribution in [2.24, 2.45) is 0 Å². The first-order chi connectivity index (χ1) is 12.0. The van der Waals surface area contributed by atoms with E-state index in [4.69, 9.17) is 4.74 Å². The molecule has 0 aliphatic rings. The second kappa shape index (κ2) is 8.48. The first-order valence-corrected chi connectivity index (χ1v) is 8.73. The van der Waals surface area contributed by atoms with Crippen LogP contribution in [0.2, 0.25) is 0 Å². The van der Waals surface area contributed by atoms with Gasteiger partial charge in [-0.2, -0.15) is 4.98 Å². The average molecular weight is 361 g/mol. The van der Waals surface area contributed by atoms with Crippen LogP contribution in [-0.4, -0.2) is 34.8 Å². The monoisotopic (exact) mass is 361 g/mol. The van der Waals surface area contributed by atoms with E-state index in [2.05, 4.69) is 10.3 Å². The molecule has 1 N–H and O–H groups in total. The van der Waals surface area contributed by atoms with Gasteiger partial charge in [-0.15, -0.1) is 11.8 Å². The fraction of sp³-hybridized carbons (Fsp3) is 0.294. The molecular weight excluding hydrogens is 342 g/mol. The summed E-state index contributed by atoms with van der Waals surface area (Å²) in [6.07, 6.45) is 3.41. The van der Waals surface area contributed by atoms with Gasteiger partial charge in [0, 0.05) is 6.20 Å². The second-order valence-electron chi connectivity index (χ2n) is 5.28. The zero-order valence-electron chi connectivity index (χ0n) is 14.2. The Balaban J connectivity index is 2.18. The van der Waals surface area contributed by atoms with Crippen LogP contribution in [0.25, 0.3) is 0 Å². The molecular formula is C17H19N3O4S. The van der Waals surface area contributed by atoms with Crippen molar-refractivity contribution in [3.05, 3.63) is 58.1 Å². The zero-order valence-corrected chi connectivity index (χ0v) is 15.0. The standard InChI is InChI=1S/C17H19N3O4S/c1-11-9-20(17(23)19-15(11)25-3)10-13(21)18-14(16(22)24-2)12-7-5-4-6-8-12/h4-9,14H,10H2,1-3H3,(H,18,21)/t14-/m0/s1. The summed E-state index contributed by atoms with van der Waals surface area (Å²) in [6, 6.07) is 7.82. The van der Waals surface area contributed by atoms with Crippen LogP contribution in [0.3, 0.4) is 0 Å². The number of methoxy groups -OCH3 is 1. The minimum absolute atomic E-state index is 0.234. The minimum atomic E-state index is -0.936. The SMILES string of the molecule is COC(=O)[C@@H](NC(=O)Cn1cc(C)c(SC)nc1=O)c1ccccc1. The summed E-state index contributed by atoms with van der Waals surface area (Å²) in [5.74, 6) is -1.07.